The van der Waals surface area contributed by atoms with E-state index in [2.05, 4.69) is 31.2 Å². The predicted molar refractivity (Wildman–Crippen MR) is 76.3 cm³/mol. The normalized spacial score (nSPS) is 10.5. The summed E-state index contributed by atoms with van der Waals surface area (Å²) in [4.78, 5) is 9.18. The van der Waals surface area contributed by atoms with Crippen molar-refractivity contribution in [3.8, 4) is 0 Å². The molecule has 0 atom stereocenters. The summed E-state index contributed by atoms with van der Waals surface area (Å²) in [6, 6.07) is 3.93. The lowest BCUT2D eigenvalue weighted by Gasteiger charge is -2.06. The zero-order chi connectivity index (χ0) is 12.3. The lowest BCUT2D eigenvalue weighted by Crippen LogP contribution is -2.06. The third-order valence-corrected chi connectivity index (χ3v) is 4.06. The quantitative estimate of drug-likeness (QED) is 0.835. The molecule has 0 bridgehead atoms. The molecule has 7 heteroatoms. The molecule has 1 N–H and O–H groups in total. The van der Waals surface area contributed by atoms with Gasteiger partial charge in [0.1, 0.15) is 5.82 Å². The Hall–Kier alpha value is -0.360. The molecule has 0 aliphatic rings. The molecule has 0 saturated heterocycles. The molecule has 2 rings (SSSR count). The van der Waals surface area contributed by atoms with Crippen LogP contribution >= 0.6 is 50.5 Å². The lowest BCUT2D eigenvalue weighted by atomic mass is 10.3. The minimum absolute atomic E-state index is 0.231. The molecule has 0 amide bonds. The average Bonchev–Trinajstić information content (AvgIpc) is 2.69. The van der Waals surface area contributed by atoms with Gasteiger partial charge in [-0.1, -0.05) is 11.6 Å². The van der Waals surface area contributed by atoms with Gasteiger partial charge < -0.3 is 5.32 Å². The molecular formula is C10H8BrCl2N3S. The standard InChI is InChI=1S/C10H8BrCl2N3S/c11-7-5-15-10(13)16-9(7)14-4-3-6-1-2-8(12)17-6/h1-2,5H,3-4H2,(H,14,15,16). The zero-order valence-corrected chi connectivity index (χ0v) is 12.5. The van der Waals surface area contributed by atoms with E-state index in [1.807, 2.05) is 12.1 Å². The lowest BCUT2D eigenvalue weighted by molar-refractivity contribution is 1.01. The molecule has 17 heavy (non-hydrogen) atoms. The fraction of sp³-hybridized carbons (Fsp3) is 0.200. The summed E-state index contributed by atoms with van der Waals surface area (Å²) in [7, 11) is 0. The van der Waals surface area contributed by atoms with Crippen LogP contribution in [0.2, 0.25) is 9.62 Å². The summed E-state index contributed by atoms with van der Waals surface area (Å²) in [5, 5.41) is 3.42. The van der Waals surface area contributed by atoms with Gasteiger partial charge in [-0.05, 0) is 46.1 Å². The van der Waals surface area contributed by atoms with E-state index in [1.165, 1.54) is 4.88 Å². The van der Waals surface area contributed by atoms with Crippen LogP contribution in [0.4, 0.5) is 5.82 Å². The number of thiophene rings is 1. The molecule has 2 heterocycles. The van der Waals surface area contributed by atoms with Gasteiger partial charge in [-0.3, -0.25) is 0 Å². The van der Waals surface area contributed by atoms with Crippen molar-refractivity contribution in [3.63, 3.8) is 0 Å². The van der Waals surface area contributed by atoms with Gasteiger partial charge in [0.25, 0.3) is 0 Å². The summed E-state index contributed by atoms with van der Waals surface area (Å²) in [6.07, 6.45) is 2.52. The van der Waals surface area contributed by atoms with E-state index < -0.39 is 0 Å². The molecule has 0 aliphatic heterocycles. The van der Waals surface area contributed by atoms with Crippen LogP contribution < -0.4 is 5.32 Å². The molecule has 0 spiro atoms. The van der Waals surface area contributed by atoms with E-state index in [-0.39, 0.29) is 5.28 Å². The summed E-state index contributed by atoms with van der Waals surface area (Å²) in [6.45, 7) is 0.767. The molecule has 0 unspecified atom stereocenters. The van der Waals surface area contributed by atoms with Gasteiger partial charge in [0.15, 0.2) is 0 Å². The van der Waals surface area contributed by atoms with Crippen LogP contribution in [-0.4, -0.2) is 16.5 Å². The van der Waals surface area contributed by atoms with Gasteiger partial charge in [0.05, 0.1) is 8.81 Å². The van der Waals surface area contributed by atoms with Gasteiger partial charge in [0, 0.05) is 17.6 Å². The smallest absolute Gasteiger partial charge is 0.224 e. The number of rotatable bonds is 4. The summed E-state index contributed by atoms with van der Waals surface area (Å²) in [5.74, 6) is 0.702. The van der Waals surface area contributed by atoms with Gasteiger partial charge in [-0.15, -0.1) is 11.3 Å². The van der Waals surface area contributed by atoms with Crippen molar-refractivity contribution in [2.75, 3.05) is 11.9 Å². The Morgan fingerprint density at radius 3 is 2.88 bits per heavy atom. The number of aromatic nitrogens is 2. The summed E-state index contributed by atoms with van der Waals surface area (Å²) < 4.78 is 1.61. The second kappa shape index (κ2) is 6.00. The summed E-state index contributed by atoms with van der Waals surface area (Å²) >= 11 is 16.5. The highest BCUT2D eigenvalue weighted by Gasteiger charge is 2.03. The predicted octanol–water partition coefficient (Wildman–Crippen LogP) is 4.26. The van der Waals surface area contributed by atoms with Gasteiger partial charge in [0.2, 0.25) is 5.28 Å². The molecular weight excluding hydrogens is 345 g/mol. The average molecular weight is 353 g/mol. The number of anilines is 1. The second-order valence-electron chi connectivity index (χ2n) is 3.22. The zero-order valence-electron chi connectivity index (χ0n) is 8.58. The van der Waals surface area contributed by atoms with Gasteiger partial charge in [-0.25, -0.2) is 4.98 Å². The van der Waals surface area contributed by atoms with Crippen molar-refractivity contribution < 1.29 is 0 Å². The van der Waals surface area contributed by atoms with Crippen molar-refractivity contribution in [1.29, 1.82) is 0 Å². The van der Waals surface area contributed by atoms with Crippen molar-refractivity contribution in [2.24, 2.45) is 0 Å². The maximum absolute atomic E-state index is 5.85. The molecule has 2 aromatic heterocycles. The molecule has 3 nitrogen and oxygen atoms in total. The first kappa shape index (κ1) is 13.1. The van der Waals surface area contributed by atoms with Crippen LogP contribution in [-0.2, 0) is 6.42 Å². The first-order valence-electron chi connectivity index (χ1n) is 4.81. The molecule has 0 aromatic carbocycles. The number of hydrogen-bond donors (Lipinski definition) is 1. The Balaban J connectivity index is 1.91. The minimum atomic E-state index is 0.231. The topological polar surface area (TPSA) is 37.8 Å². The second-order valence-corrected chi connectivity index (χ2v) is 6.21. The summed E-state index contributed by atoms with van der Waals surface area (Å²) in [5.41, 5.74) is 0. The van der Waals surface area contributed by atoms with E-state index >= 15 is 0 Å². The van der Waals surface area contributed by atoms with E-state index in [9.17, 15) is 0 Å². The number of halogens is 3. The highest BCUT2D eigenvalue weighted by molar-refractivity contribution is 9.10. The SMILES string of the molecule is Clc1ncc(Br)c(NCCc2ccc(Cl)s2)n1. The minimum Gasteiger partial charge on any atom is -0.369 e. The van der Waals surface area contributed by atoms with E-state index in [0.29, 0.717) is 5.82 Å². The Labute approximate surface area is 121 Å². The van der Waals surface area contributed by atoms with Crippen LogP contribution in [0.25, 0.3) is 0 Å². The fourth-order valence-corrected chi connectivity index (χ4v) is 2.81. The van der Waals surface area contributed by atoms with Crippen LogP contribution in [0.15, 0.2) is 22.8 Å². The Morgan fingerprint density at radius 2 is 2.18 bits per heavy atom. The van der Waals surface area contributed by atoms with E-state index in [1.54, 1.807) is 17.5 Å². The maximum atomic E-state index is 5.85. The first-order chi connectivity index (χ1) is 8.15. The van der Waals surface area contributed by atoms with Crippen LogP contribution in [0.1, 0.15) is 4.88 Å². The highest BCUT2D eigenvalue weighted by atomic mass is 79.9. The fourth-order valence-electron chi connectivity index (χ4n) is 1.26. The molecule has 90 valence electrons. The van der Waals surface area contributed by atoms with Crippen molar-refractivity contribution in [1.82, 2.24) is 9.97 Å². The third kappa shape index (κ3) is 3.81. The first-order valence-corrected chi connectivity index (χ1v) is 7.18. The maximum Gasteiger partial charge on any atom is 0.224 e. The molecule has 0 saturated carbocycles. The number of hydrogen-bond acceptors (Lipinski definition) is 4. The Morgan fingerprint density at radius 1 is 1.35 bits per heavy atom. The van der Waals surface area contributed by atoms with Gasteiger partial charge in [-0.2, -0.15) is 4.98 Å². The van der Waals surface area contributed by atoms with E-state index in [0.717, 1.165) is 21.8 Å². The molecule has 2 aromatic rings. The van der Waals surface area contributed by atoms with Crippen LogP contribution in [0, 0.1) is 0 Å². The molecule has 0 radical (unpaired) electrons. The number of nitrogens with one attached hydrogen (secondary N) is 1. The highest BCUT2D eigenvalue weighted by Crippen LogP contribution is 2.23. The monoisotopic (exact) mass is 351 g/mol. The van der Waals surface area contributed by atoms with Crippen molar-refractivity contribution >= 4 is 56.3 Å². The Bertz CT molecular complexity index is 518. The van der Waals surface area contributed by atoms with Crippen LogP contribution in [0.3, 0.4) is 0 Å². The van der Waals surface area contributed by atoms with Crippen molar-refractivity contribution in [3.05, 3.63) is 37.3 Å². The Kier molecular flexibility index (Phi) is 4.62. The van der Waals surface area contributed by atoms with Crippen molar-refractivity contribution in [2.45, 2.75) is 6.42 Å². The van der Waals surface area contributed by atoms with Gasteiger partial charge >= 0.3 is 0 Å². The molecule has 0 fully saturated rings. The third-order valence-electron chi connectivity index (χ3n) is 2.01. The van der Waals surface area contributed by atoms with E-state index in [4.69, 9.17) is 23.2 Å². The number of nitrogens with zero attached hydrogens (tertiary/aromatic N) is 2. The van der Waals surface area contributed by atoms with Crippen LogP contribution in [0.5, 0.6) is 0 Å². The molecule has 0 aliphatic carbocycles. The largest absolute Gasteiger partial charge is 0.369 e.